The first-order valence-corrected chi connectivity index (χ1v) is 40.2. The molecule has 6 amide bonds. The van der Waals surface area contributed by atoms with E-state index >= 15 is 4.39 Å². The maximum atomic E-state index is 15.3. The summed E-state index contributed by atoms with van der Waals surface area (Å²) in [4.78, 5) is 98.9. The molecule has 33 nitrogen and oxygen atoms in total. The maximum Gasteiger partial charge on any atom is 0.355 e. The van der Waals surface area contributed by atoms with E-state index in [2.05, 4.69) is 58.6 Å². The minimum Gasteiger partial charge on any atom is -0.491 e. The lowest BCUT2D eigenvalue weighted by atomic mass is 10.0. The molecule has 0 aliphatic carbocycles. The number of halogens is 1. The molecule has 4 heterocycles. The van der Waals surface area contributed by atoms with Gasteiger partial charge in [0.15, 0.2) is 39.2 Å². The summed E-state index contributed by atoms with van der Waals surface area (Å²) in [7, 11) is 5.79. The molecule has 6 aromatic rings. The number of fused-ring (bicyclic) bond motifs is 1. The van der Waals surface area contributed by atoms with Gasteiger partial charge in [-0.25, -0.2) is 19.2 Å². The Hall–Kier alpha value is -9.14. The second-order valence-corrected chi connectivity index (χ2v) is 29.3. The Labute approximate surface area is 683 Å². The number of imide groups is 1. The Kier molecular flexibility index (Phi) is 43.2. The Bertz CT molecular complexity index is 4060. The number of para-hydroxylation sites is 1. The van der Waals surface area contributed by atoms with Gasteiger partial charge in [-0.1, -0.05) is 55.4 Å². The normalized spacial score (nSPS) is 12.6. The van der Waals surface area contributed by atoms with Crippen LogP contribution >= 0.6 is 22.7 Å². The van der Waals surface area contributed by atoms with E-state index in [0.29, 0.717) is 220 Å². The molecule has 634 valence electrons. The maximum absolute atomic E-state index is 15.3. The number of aryl methyl sites for hydroxylation is 2. The van der Waals surface area contributed by atoms with Crippen molar-refractivity contribution in [3.63, 3.8) is 0 Å². The van der Waals surface area contributed by atoms with Crippen LogP contribution in [0.2, 0.25) is 0 Å². The number of aromatic carboxylic acids is 1. The zero-order chi connectivity index (χ0) is 83.1. The molecule has 0 unspecified atom stereocenters. The molecular weight excluding hydrogens is 1550 g/mol. The molecule has 2 atom stereocenters. The number of carbonyl (C=O) groups is 7. The van der Waals surface area contributed by atoms with Crippen LogP contribution in [0.4, 0.5) is 32.0 Å². The highest BCUT2D eigenvalue weighted by Crippen LogP contribution is 2.33. The number of rotatable bonds is 61. The van der Waals surface area contributed by atoms with Gasteiger partial charge >= 0.3 is 5.97 Å². The largest absolute Gasteiger partial charge is 0.491 e. The highest BCUT2D eigenvalue weighted by atomic mass is 32.1. The zero-order valence-corrected chi connectivity index (χ0v) is 68.7. The number of hydrogen-bond acceptors (Lipinski definition) is 28. The van der Waals surface area contributed by atoms with E-state index in [1.54, 1.807) is 50.9 Å². The molecule has 36 heteroatoms. The number of nitrogens with one attached hydrogen (secondary N) is 5. The van der Waals surface area contributed by atoms with Gasteiger partial charge in [0.1, 0.15) is 25.2 Å². The van der Waals surface area contributed by atoms with Gasteiger partial charge in [0, 0.05) is 66.8 Å². The summed E-state index contributed by atoms with van der Waals surface area (Å²) >= 11 is 2.74. The van der Waals surface area contributed by atoms with Crippen LogP contribution in [0, 0.1) is 30.5 Å². The second-order valence-electron chi connectivity index (χ2n) is 27.2. The summed E-state index contributed by atoms with van der Waals surface area (Å²) in [5.74, 6) is 2.89. The standard InChI is InChI=1S/C80H109FN12O21S2/c1-57(2)73(86-70(95)25-30-102-32-34-104-36-38-106-40-42-108-44-46-110-48-50-112-52-53-113-51-49-111-47-45-109-43-41-107-39-37-105-35-33-103-31-26-82-69(94)24-27-92-71(96)22-23-72(92)97)77(99)83-59(4)76(98)84-62-19-16-61(17-20-62)56-93(6,7)28-10-12-60-18-21-65(63(81)55-60)114-29-11-15-67-74(78(100)101)87-80(116-67)91(5)68-54-58(3)75(90-89-68)88-79-85-64-13-8-9-14-66(64)115-79/h8-9,13-14,16-23,54-55,57,59,73H,11,15,24-53,56H2,1-7H3,(H5-,82,83,84,85,86,88,90,94,95,98,99,100,101)/p+1/t59-,73-/m0/s1. The summed E-state index contributed by atoms with van der Waals surface area (Å²) in [6, 6.07) is 19.8. The van der Waals surface area contributed by atoms with Gasteiger partial charge in [-0.05, 0) is 92.6 Å². The summed E-state index contributed by atoms with van der Waals surface area (Å²) in [6.07, 6.45) is 3.16. The van der Waals surface area contributed by atoms with Crippen LogP contribution in [0.25, 0.3) is 10.2 Å². The molecular formula is C80H110FN12O21S2+. The quantitative estimate of drug-likeness (QED) is 0.0103. The first kappa shape index (κ1) is 94.0. The number of ether oxygens (including phenoxy) is 13. The Balaban J connectivity index is 0.613. The van der Waals surface area contributed by atoms with Crippen molar-refractivity contribution >= 4 is 102 Å². The zero-order valence-electron chi connectivity index (χ0n) is 67.1. The Morgan fingerprint density at radius 1 is 0.621 bits per heavy atom. The number of amides is 6. The third kappa shape index (κ3) is 36.2. The van der Waals surface area contributed by atoms with Gasteiger partial charge in [0.2, 0.25) is 23.6 Å². The smallest absolute Gasteiger partial charge is 0.355 e. The molecule has 6 N–H and O–H groups in total. The summed E-state index contributed by atoms with van der Waals surface area (Å²) in [5, 5.41) is 34.2. The molecule has 0 fully saturated rings. The molecule has 1 aliphatic heterocycles. The van der Waals surface area contributed by atoms with E-state index in [9.17, 15) is 38.7 Å². The van der Waals surface area contributed by atoms with E-state index in [-0.39, 0.29) is 68.4 Å². The third-order valence-electron chi connectivity index (χ3n) is 16.9. The number of quaternary nitrogens is 1. The topological polar surface area (TPSA) is 378 Å². The molecule has 0 bridgehead atoms. The molecule has 0 spiro atoms. The van der Waals surface area contributed by atoms with Gasteiger partial charge in [-0.2, -0.15) is 0 Å². The van der Waals surface area contributed by atoms with Crippen LogP contribution < -0.4 is 36.2 Å². The average molecular weight is 1660 g/mol. The van der Waals surface area contributed by atoms with Crippen molar-refractivity contribution in [3.8, 4) is 17.6 Å². The van der Waals surface area contributed by atoms with Crippen LogP contribution in [0.3, 0.4) is 0 Å². The van der Waals surface area contributed by atoms with Gasteiger partial charge in [-0.3, -0.25) is 33.7 Å². The number of hydrogen-bond donors (Lipinski definition) is 6. The first-order chi connectivity index (χ1) is 56.1. The Morgan fingerprint density at radius 3 is 1.69 bits per heavy atom. The van der Waals surface area contributed by atoms with Crippen molar-refractivity contribution in [2.75, 3.05) is 221 Å². The van der Waals surface area contributed by atoms with Crippen molar-refractivity contribution in [1.82, 2.24) is 41.0 Å². The monoisotopic (exact) mass is 1660 g/mol. The van der Waals surface area contributed by atoms with E-state index in [1.165, 1.54) is 47.0 Å². The fourth-order valence-electron chi connectivity index (χ4n) is 10.7. The minimum absolute atomic E-state index is 0.0192. The number of aromatic nitrogens is 4. The molecule has 7 rings (SSSR count). The number of thiazole rings is 2. The number of carboxylic acid groups (broad SMARTS) is 1. The lowest BCUT2D eigenvalue weighted by Gasteiger charge is -2.27. The first-order valence-electron chi connectivity index (χ1n) is 38.5. The lowest BCUT2D eigenvalue weighted by molar-refractivity contribution is -0.896. The van der Waals surface area contributed by atoms with Crippen LogP contribution in [-0.4, -0.2) is 294 Å². The van der Waals surface area contributed by atoms with Gasteiger partial charge in [0.05, 0.1) is 189 Å². The van der Waals surface area contributed by atoms with Crippen molar-refractivity contribution < 1.29 is 109 Å². The molecule has 1 aliphatic rings. The van der Waals surface area contributed by atoms with Gasteiger partial charge < -0.3 is 103 Å². The molecule has 0 saturated carbocycles. The summed E-state index contributed by atoms with van der Waals surface area (Å²) in [6.45, 7) is 17.8. The van der Waals surface area contributed by atoms with E-state index in [0.717, 1.165) is 26.2 Å². The second kappa shape index (κ2) is 53.2. The van der Waals surface area contributed by atoms with Crippen molar-refractivity contribution in [3.05, 3.63) is 118 Å². The molecule has 3 aromatic heterocycles. The van der Waals surface area contributed by atoms with Gasteiger partial charge in [-0.15, -0.1) is 21.5 Å². The number of anilines is 5. The fourth-order valence-corrected chi connectivity index (χ4v) is 12.6. The fraction of sp³-hybridized carbons (Fsp3) is 0.537. The molecule has 116 heavy (non-hydrogen) atoms. The highest BCUT2D eigenvalue weighted by molar-refractivity contribution is 7.22. The number of carboxylic acids is 1. The summed E-state index contributed by atoms with van der Waals surface area (Å²) < 4.78 is 88.8. The molecule has 0 saturated heterocycles. The van der Waals surface area contributed by atoms with Crippen molar-refractivity contribution in [2.24, 2.45) is 5.92 Å². The molecule has 0 radical (unpaired) electrons. The Morgan fingerprint density at radius 2 is 1.16 bits per heavy atom. The van der Waals surface area contributed by atoms with Crippen LogP contribution in [0.5, 0.6) is 5.75 Å². The lowest BCUT2D eigenvalue weighted by Crippen LogP contribution is -2.53. The van der Waals surface area contributed by atoms with Crippen molar-refractivity contribution in [2.45, 2.75) is 72.0 Å². The SMILES string of the molecule is Cc1cc(N(C)c2nc(C(=O)O)c(CCCOc3ccc(C#CC[N+](C)(C)Cc4ccc(NC(=O)[C@H](C)NC(=O)[C@@H](NC(=O)CCOCCOCCOCCOCCOCCOCCOCCOCCOCCOCCOCCOCCNC(=O)CCN5C(=O)C=CC5=O)C(C)C)cc4)cc3F)s2)nnc1Nc1nc2ccccc2s1. The number of nitrogens with zero attached hydrogens (tertiary/aromatic N) is 7. The van der Waals surface area contributed by atoms with Crippen molar-refractivity contribution in [1.29, 1.82) is 0 Å². The summed E-state index contributed by atoms with van der Waals surface area (Å²) in [5.41, 5.74) is 3.61. The third-order valence-corrected chi connectivity index (χ3v) is 19.1. The van der Waals surface area contributed by atoms with Gasteiger partial charge in [0.25, 0.3) is 11.8 Å². The molecule has 3 aromatic carbocycles. The van der Waals surface area contributed by atoms with Crippen LogP contribution in [0.1, 0.15) is 72.1 Å². The van der Waals surface area contributed by atoms with E-state index < -0.39 is 47.5 Å². The highest BCUT2D eigenvalue weighted by Gasteiger charge is 2.29. The van der Waals surface area contributed by atoms with E-state index in [1.807, 2.05) is 63.5 Å². The number of carbonyl (C=O) groups excluding carboxylic acids is 6. The predicted molar refractivity (Wildman–Crippen MR) is 432 cm³/mol. The number of benzene rings is 3. The van der Waals surface area contributed by atoms with Crippen LogP contribution in [0.15, 0.2) is 84.9 Å². The van der Waals surface area contributed by atoms with Crippen LogP contribution in [-0.2, 0) is 98.6 Å². The van der Waals surface area contributed by atoms with E-state index in [4.69, 9.17) is 61.6 Å². The average Bonchev–Trinajstić information content (AvgIpc) is 1.70. The minimum atomic E-state index is -1.16. The predicted octanol–water partition coefficient (Wildman–Crippen LogP) is 6.44.